The average molecular weight is 190 g/mol. The van der Waals surface area contributed by atoms with E-state index >= 15 is 0 Å². The van der Waals surface area contributed by atoms with Crippen molar-refractivity contribution in [3.63, 3.8) is 0 Å². The van der Waals surface area contributed by atoms with Gasteiger partial charge in [-0.1, -0.05) is 26.8 Å². The van der Waals surface area contributed by atoms with E-state index in [1.807, 2.05) is 6.07 Å². The van der Waals surface area contributed by atoms with Gasteiger partial charge in [-0.05, 0) is 42.0 Å². The smallest absolute Gasteiger partial charge is 0.150 e. The van der Waals surface area contributed by atoms with Crippen LogP contribution in [0.3, 0.4) is 0 Å². The van der Waals surface area contributed by atoms with Crippen LogP contribution in [0.15, 0.2) is 12.1 Å². The lowest BCUT2D eigenvalue weighted by Gasteiger charge is -2.10. The standard InChI is InChI=1S/C13H18O/c1-4-10-7-12(6-3)13(9-14)8-11(10)5-2/h7-9H,4-6H2,1-3H3. The van der Waals surface area contributed by atoms with Crippen LogP contribution in [0.4, 0.5) is 0 Å². The van der Waals surface area contributed by atoms with Crippen LogP contribution in [0.5, 0.6) is 0 Å². The van der Waals surface area contributed by atoms with Gasteiger partial charge in [-0.15, -0.1) is 0 Å². The van der Waals surface area contributed by atoms with Crippen molar-refractivity contribution in [3.05, 3.63) is 34.4 Å². The monoisotopic (exact) mass is 190 g/mol. The Morgan fingerprint density at radius 3 is 1.86 bits per heavy atom. The number of carbonyl (C=O) groups is 1. The maximum Gasteiger partial charge on any atom is 0.150 e. The van der Waals surface area contributed by atoms with Crippen molar-refractivity contribution >= 4 is 6.29 Å². The minimum absolute atomic E-state index is 0.863. The molecule has 0 saturated carbocycles. The first kappa shape index (κ1) is 11.0. The van der Waals surface area contributed by atoms with Gasteiger partial charge >= 0.3 is 0 Å². The van der Waals surface area contributed by atoms with Crippen molar-refractivity contribution in [1.29, 1.82) is 0 Å². The SMILES string of the molecule is CCc1cc(CC)c(CC)cc1C=O. The van der Waals surface area contributed by atoms with Crippen molar-refractivity contribution in [3.8, 4) is 0 Å². The molecule has 1 heteroatoms. The summed E-state index contributed by atoms with van der Waals surface area (Å²) in [6.45, 7) is 6.39. The largest absolute Gasteiger partial charge is 0.298 e. The molecule has 0 unspecified atom stereocenters. The third-order valence-corrected chi connectivity index (χ3v) is 2.73. The fourth-order valence-corrected chi connectivity index (χ4v) is 1.83. The van der Waals surface area contributed by atoms with E-state index in [1.165, 1.54) is 16.7 Å². The number of aldehydes is 1. The molecule has 0 amide bonds. The van der Waals surface area contributed by atoms with E-state index in [4.69, 9.17) is 0 Å². The summed E-state index contributed by atoms with van der Waals surface area (Å²) in [6, 6.07) is 4.23. The minimum Gasteiger partial charge on any atom is -0.298 e. The molecule has 1 aromatic carbocycles. The van der Waals surface area contributed by atoms with Gasteiger partial charge in [0.25, 0.3) is 0 Å². The molecule has 1 rings (SSSR count). The predicted molar refractivity (Wildman–Crippen MR) is 60.0 cm³/mol. The molecule has 0 aliphatic rings. The Balaban J connectivity index is 3.27. The molecule has 0 radical (unpaired) electrons. The summed E-state index contributed by atoms with van der Waals surface area (Å²) in [5, 5.41) is 0. The molecule has 0 heterocycles. The first-order valence-electron chi connectivity index (χ1n) is 5.36. The molecule has 0 atom stereocenters. The Morgan fingerprint density at radius 1 is 0.929 bits per heavy atom. The highest BCUT2D eigenvalue weighted by molar-refractivity contribution is 5.78. The highest BCUT2D eigenvalue weighted by atomic mass is 16.1. The number of carbonyl (C=O) groups excluding carboxylic acids is 1. The van der Waals surface area contributed by atoms with Crippen molar-refractivity contribution in [1.82, 2.24) is 0 Å². The number of benzene rings is 1. The minimum atomic E-state index is 0.863. The number of hydrogen-bond acceptors (Lipinski definition) is 1. The number of rotatable bonds is 4. The number of hydrogen-bond donors (Lipinski definition) is 0. The van der Waals surface area contributed by atoms with Gasteiger partial charge in [0.2, 0.25) is 0 Å². The van der Waals surface area contributed by atoms with Crippen LogP contribution in [-0.2, 0) is 19.3 Å². The maximum atomic E-state index is 10.9. The third-order valence-electron chi connectivity index (χ3n) is 2.73. The Labute approximate surface area is 86.1 Å². The molecule has 0 aromatic heterocycles. The molecule has 0 N–H and O–H groups in total. The molecule has 14 heavy (non-hydrogen) atoms. The molecule has 0 fully saturated rings. The van der Waals surface area contributed by atoms with Gasteiger partial charge in [0.15, 0.2) is 0 Å². The summed E-state index contributed by atoms with van der Waals surface area (Å²) in [6.07, 6.45) is 3.96. The second-order valence-electron chi connectivity index (χ2n) is 3.50. The van der Waals surface area contributed by atoms with Crippen molar-refractivity contribution < 1.29 is 4.79 Å². The summed E-state index contributed by atoms with van der Waals surface area (Å²) in [4.78, 5) is 10.9. The molecule has 0 bridgehead atoms. The maximum absolute atomic E-state index is 10.9. The Morgan fingerprint density at radius 2 is 1.43 bits per heavy atom. The summed E-state index contributed by atoms with van der Waals surface area (Å²) >= 11 is 0. The van der Waals surface area contributed by atoms with E-state index in [2.05, 4.69) is 26.8 Å². The van der Waals surface area contributed by atoms with Gasteiger partial charge < -0.3 is 0 Å². The molecule has 0 aliphatic carbocycles. The first-order chi connectivity index (χ1) is 6.76. The second-order valence-corrected chi connectivity index (χ2v) is 3.50. The zero-order valence-electron chi connectivity index (χ0n) is 9.26. The molecule has 1 nitrogen and oxygen atoms in total. The van der Waals surface area contributed by atoms with Gasteiger partial charge in [-0.25, -0.2) is 0 Å². The zero-order valence-corrected chi connectivity index (χ0v) is 9.26. The molecular formula is C13H18O. The molecule has 76 valence electrons. The molecule has 0 aliphatic heterocycles. The Kier molecular flexibility index (Phi) is 3.87. The highest BCUT2D eigenvalue weighted by Crippen LogP contribution is 2.18. The van der Waals surface area contributed by atoms with Gasteiger partial charge in [0.1, 0.15) is 6.29 Å². The summed E-state index contributed by atoms with van der Waals surface area (Å²) < 4.78 is 0. The Bertz CT molecular complexity index is 326. The van der Waals surface area contributed by atoms with E-state index in [0.29, 0.717) is 0 Å². The van der Waals surface area contributed by atoms with Crippen LogP contribution in [0.2, 0.25) is 0 Å². The topological polar surface area (TPSA) is 17.1 Å². The fraction of sp³-hybridized carbons (Fsp3) is 0.462. The van der Waals surface area contributed by atoms with Crippen molar-refractivity contribution in [2.75, 3.05) is 0 Å². The summed E-state index contributed by atoms with van der Waals surface area (Å²) in [7, 11) is 0. The average Bonchev–Trinajstić information content (AvgIpc) is 2.26. The van der Waals surface area contributed by atoms with Crippen LogP contribution in [0.1, 0.15) is 47.8 Å². The van der Waals surface area contributed by atoms with E-state index in [0.717, 1.165) is 31.1 Å². The number of aryl methyl sites for hydroxylation is 3. The first-order valence-corrected chi connectivity index (χ1v) is 5.36. The van der Waals surface area contributed by atoms with Crippen molar-refractivity contribution in [2.45, 2.75) is 40.0 Å². The third kappa shape index (κ3) is 2.03. The van der Waals surface area contributed by atoms with Crippen LogP contribution in [-0.4, -0.2) is 6.29 Å². The summed E-state index contributed by atoms with van der Waals surface area (Å²) in [5.41, 5.74) is 4.73. The Hall–Kier alpha value is -1.11. The molecule has 0 spiro atoms. The van der Waals surface area contributed by atoms with E-state index in [9.17, 15) is 4.79 Å². The fourth-order valence-electron chi connectivity index (χ4n) is 1.83. The van der Waals surface area contributed by atoms with Crippen LogP contribution < -0.4 is 0 Å². The molecule has 0 saturated heterocycles. The van der Waals surface area contributed by atoms with E-state index in [-0.39, 0.29) is 0 Å². The van der Waals surface area contributed by atoms with Gasteiger partial charge in [0, 0.05) is 5.56 Å². The predicted octanol–water partition coefficient (Wildman–Crippen LogP) is 3.19. The highest BCUT2D eigenvalue weighted by Gasteiger charge is 2.05. The zero-order chi connectivity index (χ0) is 10.6. The lowest BCUT2D eigenvalue weighted by molar-refractivity contribution is 0.112. The quantitative estimate of drug-likeness (QED) is 0.666. The van der Waals surface area contributed by atoms with Crippen LogP contribution >= 0.6 is 0 Å². The molecular weight excluding hydrogens is 172 g/mol. The van der Waals surface area contributed by atoms with Gasteiger partial charge in [-0.3, -0.25) is 4.79 Å². The van der Waals surface area contributed by atoms with Gasteiger partial charge in [-0.2, -0.15) is 0 Å². The summed E-state index contributed by atoms with van der Waals surface area (Å²) in [5.74, 6) is 0. The van der Waals surface area contributed by atoms with E-state index < -0.39 is 0 Å². The lowest BCUT2D eigenvalue weighted by atomic mass is 9.95. The van der Waals surface area contributed by atoms with Crippen LogP contribution in [0.25, 0.3) is 0 Å². The van der Waals surface area contributed by atoms with E-state index in [1.54, 1.807) is 0 Å². The molecule has 1 aromatic rings. The second kappa shape index (κ2) is 4.94. The lowest BCUT2D eigenvalue weighted by Crippen LogP contribution is -1.98. The van der Waals surface area contributed by atoms with Crippen molar-refractivity contribution in [2.24, 2.45) is 0 Å². The van der Waals surface area contributed by atoms with Gasteiger partial charge in [0.05, 0.1) is 0 Å². The normalized spacial score (nSPS) is 10.2. The van der Waals surface area contributed by atoms with Crippen LogP contribution in [0, 0.1) is 0 Å².